The monoisotopic (exact) mass is 241 g/mol. The van der Waals surface area contributed by atoms with E-state index >= 15 is 0 Å². The van der Waals surface area contributed by atoms with Gasteiger partial charge in [0, 0.05) is 5.56 Å². The summed E-state index contributed by atoms with van der Waals surface area (Å²) in [6, 6.07) is 12.2. The summed E-state index contributed by atoms with van der Waals surface area (Å²) < 4.78 is 14.0. The second kappa shape index (κ2) is 3.95. The lowest BCUT2D eigenvalue weighted by Crippen LogP contribution is -2.17. The van der Waals surface area contributed by atoms with Gasteiger partial charge in [0.05, 0.1) is 11.6 Å². The summed E-state index contributed by atoms with van der Waals surface area (Å²) in [4.78, 5) is 12.0. The molecule has 0 bridgehead atoms. The van der Waals surface area contributed by atoms with E-state index in [-0.39, 0.29) is 17.6 Å². The summed E-state index contributed by atoms with van der Waals surface area (Å²) in [5.41, 5.74) is 2.66. The van der Waals surface area contributed by atoms with Gasteiger partial charge in [-0.05, 0) is 30.2 Å². The molecule has 0 aromatic heterocycles. The second-order valence-electron chi connectivity index (χ2n) is 4.46. The second-order valence-corrected chi connectivity index (χ2v) is 4.46. The van der Waals surface area contributed by atoms with Crippen molar-refractivity contribution in [2.24, 2.45) is 0 Å². The maximum Gasteiger partial charge on any atom is 0.231 e. The molecule has 0 spiro atoms. The zero-order valence-corrected chi connectivity index (χ0v) is 9.91. The number of carbonyl (C=O) groups is 1. The van der Waals surface area contributed by atoms with Crippen molar-refractivity contribution in [3.63, 3.8) is 0 Å². The van der Waals surface area contributed by atoms with Gasteiger partial charge in [0.25, 0.3) is 0 Å². The maximum absolute atomic E-state index is 14.0. The molecule has 1 heterocycles. The highest BCUT2D eigenvalue weighted by Gasteiger charge is 2.26. The fourth-order valence-electron chi connectivity index (χ4n) is 2.39. The Hall–Kier alpha value is -2.16. The minimum Gasteiger partial charge on any atom is -0.325 e. The van der Waals surface area contributed by atoms with Gasteiger partial charge in [0.15, 0.2) is 0 Å². The summed E-state index contributed by atoms with van der Waals surface area (Å²) in [5, 5.41) is 2.78. The fourth-order valence-corrected chi connectivity index (χ4v) is 2.39. The Morgan fingerprint density at radius 1 is 1.11 bits per heavy atom. The van der Waals surface area contributed by atoms with Crippen LogP contribution in [0.25, 0.3) is 11.1 Å². The van der Waals surface area contributed by atoms with Gasteiger partial charge in [-0.15, -0.1) is 0 Å². The lowest BCUT2D eigenvalue weighted by atomic mass is 9.92. The number of amides is 1. The molecule has 1 atom stereocenters. The first kappa shape index (κ1) is 11.0. The molecule has 1 N–H and O–H groups in total. The largest absolute Gasteiger partial charge is 0.325 e. The van der Waals surface area contributed by atoms with Crippen LogP contribution in [0.4, 0.5) is 10.1 Å². The molecule has 1 unspecified atom stereocenters. The summed E-state index contributed by atoms with van der Waals surface area (Å²) >= 11 is 0. The van der Waals surface area contributed by atoms with Crippen LogP contribution in [0.3, 0.4) is 0 Å². The van der Waals surface area contributed by atoms with E-state index in [0.29, 0.717) is 11.3 Å². The van der Waals surface area contributed by atoms with Crippen molar-refractivity contribution in [3.05, 3.63) is 53.8 Å². The van der Waals surface area contributed by atoms with Gasteiger partial charge >= 0.3 is 0 Å². The lowest BCUT2D eigenvalue weighted by molar-refractivity contribution is -0.117. The van der Waals surface area contributed by atoms with E-state index < -0.39 is 0 Å². The molecule has 0 saturated carbocycles. The third kappa shape index (κ3) is 1.51. The molecule has 2 nitrogen and oxygen atoms in total. The predicted octanol–water partition coefficient (Wildman–Crippen LogP) is 3.55. The van der Waals surface area contributed by atoms with Gasteiger partial charge in [-0.25, -0.2) is 4.39 Å². The molecule has 0 radical (unpaired) electrons. The SMILES string of the molecule is CC1C(=O)Nc2cccc(F)c2-c2ccccc21. The number of hydrogen-bond acceptors (Lipinski definition) is 1. The summed E-state index contributed by atoms with van der Waals surface area (Å²) in [5.74, 6) is -0.700. The number of fused-ring (bicyclic) bond motifs is 3. The molecule has 0 aliphatic carbocycles. The minimum absolute atomic E-state index is 0.105. The van der Waals surface area contributed by atoms with E-state index in [0.717, 1.165) is 11.1 Å². The number of nitrogens with one attached hydrogen (secondary N) is 1. The van der Waals surface area contributed by atoms with Gasteiger partial charge < -0.3 is 5.32 Å². The van der Waals surface area contributed by atoms with Crippen LogP contribution in [-0.2, 0) is 4.79 Å². The summed E-state index contributed by atoms with van der Waals surface area (Å²) in [6.45, 7) is 1.83. The van der Waals surface area contributed by atoms with Gasteiger partial charge in [-0.3, -0.25) is 4.79 Å². The van der Waals surface area contributed by atoms with E-state index in [4.69, 9.17) is 0 Å². The molecule has 0 saturated heterocycles. The highest BCUT2D eigenvalue weighted by Crippen LogP contribution is 2.39. The van der Waals surface area contributed by atoms with Crippen molar-refractivity contribution in [2.75, 3.05) is 5.32 Å². The van der Waals surface area contributed by atoms with Crippen molar-refractivity contribution >= 4 is 11.6 Å². The Bertz CT molecular complexity index is 636. The van der Waals surface area contributed by atoms with E-state index in [1.54, 1.807) is 12.1 Å². The lowest BCUT2D eigenvalue weighted by Gasteiger charge is -2.10. The average Bonchev–Trinajstić information content (AvgIpc) is 2.48. The van der Waals surface area contributed by atoms with Gasteiger partial charge in [-0.2, -0.15) is 0 Å². The first-order valence-corrected chi connectivity index (χ1v) is 5.87. The van der Waals surface area contributed by atoms with E-state index in [1.165, 1.54) is 6.07 Å². The van der Waals surface area contributed by atoms with Crippen molar-refractivity contribution in [1.82, 2.24) is 0 Å². The summed E-state index contributed by atoms with van der Waals surface area (Å²) in [6.07, 6.45) is 0. The topological polar surface area (TPSA) is 29.1 Å². The van der Waals surface area contributed by atoms with E-state index in [2.05, 4.69) is 5.32 Å². The van der Waals surface area contributed by atoms with Crippen molar-refractivity contribution in [1.29, 1.82) is 0 Å². The van der Waals surface area contributed by atoms with E-state index in [9.17, 15) is 9.18 Å². The Labute approximate surface area is 104 Å². The molecule has 2 aromatic carbocycles. The van der Waals surface area contributed by atoms with Crippen LogP contribution < -0.4 is 5.32 Å². The molecule has 2 aromatic rings. The van der Waals surface area contributed by atoms with Crippen LogP contribution >= 0.6 is 0 Å². The highest BCUT2D eigenvalue weighted by molar-refractivity contribution is 6.03. The third-order valence-corrected chi connectivity index (χ3v) is 3.36. The van der Waals surface area contributed by atoms with Crippen LogP contribution in [0, 0.1) is 5.82 Å². The first-order chi connectivity index (χ1) is 8.68. The molecule has 3 heteroatoms. The van der Waals surface area contributed by atoms with Crippen LogP contribution in [0.2, 0.25) is 0 Å². The average molecular weight is 241 g/mol. The zero-order chi connectivity index (χ0) is 12.7. The zero-order valence-electron chi connectivity index (χ0n) is 9.91. The number of anilines is 1. The van der Waals surface area contributed by atoms with Gasteiger partial charge in [0.2, 0.25) is 5.91 Å². The summed E-state index contributed by atoms with van der Waals surface area (Å²) in [7, 11) is 0. The highest BCUT2D eigenvalue weighted by atomic mass is 19.1. The molecule has 1 aliphatic rings. The number of benzene rings is 2. The van der Waals surface area contributed by atoms with Gasteiger partial charge in [0.1, 0.15) is 5.82 Å². The minimum atomic E-state index is -0.311. The molecule has 18 heavy (non-hydrogen) atoms. The van der Waals surface area contributed by atoms with Crippen LogP contribution in [0.1, 0.15) is 18.4 Å². The smallest absolute Gasteiger partial charge is 0.231 e. The predicted molar refractivity (Wildman–Crippen MR) is 68.9 cm³/mol. The molecule has 90 valence electrons. The van der Waals surface area contributed by atoms with E-state index in [1.807, 2.05) is 31.2 Å². The number of halogens is 1. The van der Waals surface area contributed by atoms with Crippen molar-refractivity contribution in [2.45, 2.75) is 12.8 Å². The Morgan fingerprint density at radius 2 is 1.89 bits per heavy atom. The normalized spacial score (nSPS) is 17.4. The molecular formula is C15H12FNO. The molecule has 0 fully saturated rings. The fraction of sp³-hybridized carbons (Fsp3) is 0.133. The van der Waals surface area contributed by atoms with Crippen molar-refractivity contribution in [3.8, 4) is 11.1 Å². The number of rotatable bonds is 0. The van der Waals surface area contributed by atoms with Crippen molar-refractivity contribution < 1.29 is 9.18 Å². The Balaban J connectivity index is 2.37. The van der Waals surface area contributed by atoms with Crippen LogP contribution in [-0.4, -0.2) is 5.91 Å². The van der Waals surface area contributed by atoms with Crippen LogP contribution in [0.15, 0.2) is 42.5 Å². The van der Waals surface area contributed by atoms with Crippen LogP contribution in [0.5, 0.6) is 0 Å². The molecule has 3 rings (SSSR count). The molecular weight excluding hydrogens is 229 g/mol. The first-order valence-electron chi connectivity index (χ1n) is 5.87. The third-order valence-electron chi connectivity index (χ3n) is 3.36. The maximum atomic E-state index is 14.0. The Kier molecular flexibility index (Phi) is 2.40. The standard InChI is InChI=1S/C15H12FNO/c1-9-10-5-2-3-6-11(10)14-12(16)7-4-8-13(14)17-15(9)18/h2-9H,1H3,(H,17,18). The quantitative estimate of drug-likeness (QED) is 0.750. The molecule has 1 amide bonds. The molecule has 1 aliphatic heterocycles. The van der Waals surface area contributed by atoms with Gasteiger partial charge in [-0.1, -0.05) is 30.3 Å². The number of carbonyl (C=O) groups excluding carboxylic acids is 1. The number of hydrogen-bond donors (Lipinski definition) is 1. The Morgan fingerprint density at radius 3 is 2.72 bits per heavy atom.